The molecule has 6 heteroatoms. The molecule has 0 fully saturated rings. The van der Waals surface area contributed by atoms with Crippen LogP contribution < -0.4 is 15.6 Å². The largest absolute Gasteiger partial charge is 0.496 e. The predicted octanol–water partition coefficient (Wildman–Crippen LogP) is 2.28. The minimum atomic E-state index is -0.120. The van der Waals surface area contributed by atoms with Crippen LogP contribution in [0.4, 0.5) is 0 Å². The third-order valence-corrected chi connectivity index (χ3v) is 4.83. The lowest BCUT2D eigenvalue weighted by Crippen LogP contribution is -2.31. The van der Waals surface area contributed by atoms with E-state index in [9.17, 15) is 9.59 Å². The summed E-state index contributed by atoms with van der Waals surface area (Å²) < 4.78 is 6.70. The summed E-state index contributed by atoms with van der Waals surface area (Å²) in [5.74, 6) is 0.566. The monoisotopic (exact) mass is 334 g/mol. The highest BCUT2D eigenvalue weighted by Gasteiger charge is 2.07. The first kappa shape index (κ1) is 17.3. The standard InChI is InChI=1S/C17H22N2O3S/c1-12-6-9-23-15(12)4-5-16(20)18-7-8-19-13(2)10-14(22-3)11-17(19)21/h6,9-11H,4-5,7-8H2,1-3H3,(H,18,20). The Kier molecular flexibility index (Phi) is 5.98. The van der Waals surface area contributed by atoms with E-state index in [1.807, 2.05) is 18.4 Å². The lowest BCUT2D eigenvalue weighted by Gasteiger charge is -2.12. The molecule has 23 heavy (non-hydrogen) atoms. The second kappa shape index (κ2) is 7.97. The Balaban J connectivity index is 1.82. The smallest absolute Gasteiger partial charge is 0.254 e. The van der Waals surface area contributed by atoms with Crippen LogP contribution in [0.5, 0.6) is 5.75 Å². The number of ether oxygens (including phenoxy) is 1. The van der Waals surface area contributed by atoms with Crippen LogP contribution in [0.3, 0.4) is 0 Å². The highest BCUT2D eigenvalue weighted by molar-refractivity contribution is 7.10. The number of amides is 1. The third-order valence-electron chi connectivity index (χ3n) is 3.75. The maximum absolute atomic E-state index is 12.0. The number of aryl methyl sites for hydroxylation is 3. The average Bonchev–Trinajstić information content (AvgIpc) is 2.93. The van der Waals surface area contributed by atoms with E-state index in [1.54, 1.807) is 15.9 Å². The van der Waals surface area contributed by atoms with Crippen molar-refractivity contribution in [3.8, 4) is 5.75 Å². The van der Waals surface area contributed by atoms with Crippen LogP contribution in [0.15, 0.2) is 28.4 Å². The van der Waals surface area contributed by atoms with Gasteiger partial charge in [0.15, 0.2) is 0 Å². The first-order valence-electron chi connectivity index (χ1n) is 7.56. The van der Waals surface area contributed by atoms with Crippen molar-refractivity contribution in [1.29, 1.82) is 0 Å². The van der Waals surface area contributed by atoms with E-state index in [1.165, 1.54) is 23.6 Å². The summed E-state index contributed by atoms with van der Waals surface area (Å²) in [4.78, 5) is 25.1. The van der Waals surface area contributed by atoms with Gasteiger partial charge in [-0.3, -0.25) is 9.59 Å². The number of thiophene rings is 1. The molecule has 0 aliphatic heterocycles. The molecule has 2 heterocycles. The van der Waals surface area contributed by atoms with Crippen LogP contribution in [-0.4, -0.2) is 24.1 Å². The Labute approximate surface area is 139 Å². The van der Waals surface area contributed by atoms with Crippen molar-refractivity contribution < 1.29 is 9.53 Å². The predicted molar refractivity (Wildman–Crippen MR) is 92.4 cm³/mol. The van der Waals surface area contributed by atoms with Gasteiger partial charge in [0.05, 0.1) is 7.11 Å². The molecule has 2 rings (SSSR count). The van der Waals surface area contributed by atoms with Crippen LogP contribution in [0, 0.1) is 13.8 Å². The Hall–Kier alpha value is -2.08. The van der Waals surface area contributed by atoms with Crippen molar-refractivity contribution in [3.05, 3.63) is 50.1 Å². The number of hydrogen-bond acceptors (Lipinski definition) is 4. The Morgan fingerprint density at radius 3 is 2.74 bits per heavy atom. The fourth-order valence-electron chi connectivity index (χ4n) is 2.39. The van der Waals surface area contributed by atoms with Gasteiger partial charge in [0.1, 0.15) is 5.75 Å². The second-order valence-corrected chi connectivity index (χ2v) is 6.40. The van der Waals surface area contributed by atoms with Gasteiger partial charge in [0.25, 0.3) is 5.56 Å². The van der Waals surface area contributed by atoms with Crippen LogP contribution in [0.2, 0.25) is 0 Å². The van der Waals surface area contributed by atoms with Gasteiger partial charge < -0.3 is 14.6 Å². The maximum atomic E-state index is 12.0. The fourth-order valence-corrected chi connectivity index (χ4v) is 3.30. The molecule has 1 N–H and O–H groups in total. The molecular formula is C17H22N2O3S. The average molecular weight is 334 g/mol. The molecule has 0 radical (unpaired) electrons. The van der Waals surface area contributed by atoms with Crippen molar-refractivity contribution in [2.24, 2.45) is 0 Å². The van der Waals surface area contributed by atoms with Gasteiger partial charge in [-0.1, -0.05) is 0 Å². The molecule has 0 saturated carbocycles. The van der Waals surface area contributed by atoms with E-state index in [2.05, 4.69) is 18.3 Å². The molecule has 0 atom stereocenters. The van der Waals surface area contributed by atoms with E-state index in [0.29, 0.717) is 25.3 Å². The zero-order valence-corrected chi connectivity index (χ0v) is 14.5. The van der Waals surface area contributed by atoms with E-state index in [4.69, 9.17) is 4.74 Å². The molecule has 0 aliphatic carbocycles. The van der Waals surface area contributed by atoms with Gasteiger partial charge in [0.2, 0.25) is 5.91 Å². The topological polar surface area (TPSA) is 60.3 Å². The van der Waals surface area contributed by atoms with Crippen LogP contribution in [0.1, 0.15) is 22.6 Å². The summed E-state index contributed by atoms with van der Waals surface area (Å²) in [5.41, 5.74) is 1.94. The van der Waals surface area contributed by atoms with Crippen LogP contribution in [-0.2, 0) is 17.8 Å². The SMILES string of the molecule is COc1cc(C)n(CCNC(=O)CCc2sccc2C)c(=O)c1. The molecule has 2 aromatic rings. The molecule has 0 saturated heterocycles. The molecule has 0 aliphatic rings. The summed E-state index contributed by atoms with van der Waals surface area (Å²) in [6.07, 6.45) is 1.23. The number of pyridine rings is 1. The molecular weight excluding hydrogens is 312 g/mol. The van der Waals surface area contributed by atoms with Gasteiger partial charge in [-0.15, -0.1) is 11.3 Å². The molecule has 0 unspecified atom stereocenters. The zero-order valence-electron chi connectivity index (χ0n) is 13.7. The van der Waals surface area contributed by atoms with Gasteiger partial charge in [-0.2, -0.15) is 0 Å². The summed E-state index contributed by atoms with van der Waals surface area (Å²) in [6, 6.07) is 5.33. The maximum Gasteiger partial charge on any atom is 0.254 e. The van der Waals surface area contributed by atoms with Crippen molar-refractivity contribution in [2.75, 3.05) is 13.7 Å². The molecule has 124 valence electrons. The number of hydrogen-bond donors (Lipinski definition) is 1. The number of methoxy groups -OCH3 is 1. The lowest BCUT2D eigenvalue weighted by atomic mass is 10.2. The Morgan fingerprint density at radius 1 is 1.35 bits per heavy atom. The number of aromatic nitrogens is 1. The molecule has 1 amide bonds. The minimum Gasteiger partial charge on any atom is -0.496 e. The second-order valence-electron chi connectivity index (χ2n) is 5.40. The van der Waals surface area contributed by atoms with Gasteiger partial charge in [0, 0.05) is 36.1 Å². The van der Waals surface area contributed by atoms with Crippen molar-refractivity contribution in [2.45, 2.75) is 33.2 Å². The number of nitrogens with one attached hydrogen (secondary N) is 1. The minimum absolute atomic E-state index is 0.0111. The first-order valence-corrected chi connectivity index (χ1v) is 8.44. The molecule has 2 aromatic heterocycles. The Bertz CT molecular complexity index is 734. The van der Waals surface area contributed by atoms with E-state index < -0.39 is 0 Å². The molecule has 0 spiro atoms. The Morgan fingerprint density at radius 2 is 2.13 bits per heavy atom. The highest BCUT2D eigenvalue weighted by atomic mass is 32.1. The van der Waals surface area contributed by atoms with Gasteiger partial charge in [-0.05, 0) is 43.3 Å². The van der Waals surface area contributed by atoms with E-state index in [0.717, 1.165) is 12.1 Å². The number of nitrogens with zero attached hydrogens (tertiary/aromatic N) is 1. The zero-order chi connectivity index (χ0) is 16.8. The summed E-state index contributed by atoms with van der Waals surface area (Å²) >= 11 is 1.68. The lowest BCUT2D eigenvalue weighted by molar-refractivity contribution is -0.121. The normalized spacial score (nSPS) is 10.6. The third kappa shape index (κ3) is 4.69. The first-order chi connectivity index (χ1) is 11.0. The number of carbonyl (C=O) groups excluding carboxylic acids is 1. The summed E-state index contributed by atoms with van der Waals surface area (Å²) in [6.45, 7) is 4.81. The van der Waals surface area contributed by atoms with E-state index in [-0.39, 0.29) is 11.5 Å². The van der Waals surface area contributed by atoms with Crippen molar-refractivity contribution in [3.63, 3.8) is 0 Å². The van der Waals surface area contributed by atoms with Crippen LogP contribution in [0.25, 0.3) is 0 Å². The molecule has 5 nitrogen and oxygen atoms in total. The summed E-state index contributed by atoms with van der Waals surface area (Å²) in [7, 11) is 1.54. The van der Waals surface area contributed by atoms with Gasteiger partial charge >= 0.3 is 0 Å². The number of rotatable bonds is 7. The highest BCUT2D eigenvalue weighted by Crippen LogP contribution is 2.17. The van der Waals surface area contributed by atoms with Gasteiger partial charge in [-0.25, -0.2) is 0 Å². The summed E-state index contributed by atoms with van der Waals surface area (Å²) in [5, 5.41) is 4.91. The van der Waals surface area contributed by atoms with Crippen LogP contribution >= 0.6 is 11.3 Å². The quantitative estimate of drug-likeness (QED) is 0.845. The molecule has 0 bridgehead atoms. The van der Waals surface area contributed by atoms with Crippen molar-refractivity contribution >= 4 is 17.2 Å². The fraction of sp³-hybridized carbons (Fsp3) is 0.412. The van der Waals surface area contributed by atoms with E-state index >= 15 is 0 Å². The molecule has 0 aromatic carbocycles. The van der Waals surface area contributed by atoms with Crippen molar-refractivity contribution in [1.82, 2.24) is 9.88 Å². The number of carbonyl (C=O) groups is 1.